The number of ether oxygens (including phenoxy) is 5. The van der Waals surface area contributed by atoms with E-state index in [0.29, 0.717) is 78.9 Å². The maximum atomic E-state index is 16.9. The van der Waals surface area contributed by atoms with Crippen LogP contribution in [0.2, 0.25) is 0 Å². The van der Waals surface area contributed by atoms with Gasteiger partial charge in [0.05, 0.1) is 102 Å². The minimum Gasteiger partial charge on any atom is -0.497 e. The van der Waals surface area contributed by atoms with Crippen LogP contribution in [0.4, 0.5) is 17.6 Å². The van der Waals surface area contributed by atoms with Gasteiger partial charge >= 0.3 is 5.97 Å². The molecule has 602 valence electrons. The molecule has 2 aromatic heterocycles. The summed E-state index contributed by atoms with van der Waals surface area (Å²) in [4.78, 5) is 92.9. The Morgan fingerprint density at radius 1 is 0.600 bits per heavy atom. The highest BCUT2D eigenvalue weighted by atomic mass is 32.2. The van der Waals surface area contributed by atoms with Crippen LogP contribution < -0.4 is 34.1 Å². The van der Waals surface area contributed by atoms with E-state index < -0.39 is 124 Å². The second kappa shape index (κ2) is 31.9. The van der Waals surface area contributed by atoms with Gasteiger partial charge in [-0.1, -0.05) is 91.5 Å². The fraction of sp³-hybridized carbons (Fsp3) is 0.610. The third-order valence-electron chi connectivity index (χ3n) is 23.8. The molecule has 28 heteroatoms. The summed E-state index contributed by atoms with van der Waals surface area (Å²) in [5, 5.41) is 0.462. The van der Waals surface area contributed by atoms with E-state index in [1.165, 1.54) is 43.3 Å². The molecule has 110 heavy (non-hydrogen) atoms. The third-order valence-corrected chi connectivity index (χ3v) is 28.1. The van der Waals surface area contributed by atoms with Gasteiger partial charge in [-0.05, 0) is 145 Å². The van der Waals surface area contributed by atoms with Crippen molar-refractivity contribution in [3.63, 3.8) is 0 Å². The summed E-state index contributed by atoms with van der Waals surface area (Å²) in [5.74, 6) is -11.0. The molecule has 4 aliphatic heterocycles. The summed E-state index contributed by atoms with van der Waals surface area (Å²) in [5.41, 5.74) is 1.25. The average molecular weight is 1570 g/mol. The Hall–Kier alpha value is -7.98. The molecule has 2 saturated heterocycles. The lowest BCUT2D eigenvalue weighted by atomic mass is 9.82. The number of carbonyl (C=O) groups is 6. The van der Waals surface area contributed by atoms with Crippen molar-refractivity contribution in [3.05, 3.63) is 110 Å². The van der Waals surface area contributed by atoms with Gasteiger partial charge in [0.15, 0.2) is 17.3 Å². The molecule has 12 rings (SSSR count). The summed E-state index contributed by atoms with van der Waals surface area (Å²) < 4.78 is 147. The number of hydrogen-bond donors (Lipinski definition) is 3. The number of benzene rings is 2. The molecule has 4 aromatic rings. The highest BCUT2D eigenvalue weighted by Crippen LogP contribution is 2.60. The zero-order chi connectivity index (χ0) is 80.9. The van der Waals surface area contributed by atoms with Crippen molar-refractivity contribution < 1.29 is 86.8 Å². The Bertz CT molecular complexity index is 4530. The number of alkyl halides is 4. The number of allylic oxidation sites excluding steroid dienone is 3. The second-order valence-corrected chi connectivity index (χ2v) is 37.5. The molecule has 4 amide bonds. The van der Waals surface area contributed by atoms with Crippen LogP contribution in [0.15, 0.2) is 87.0 Å². The van der Waals surface area contributed by atoms with E-state index in [1.54, 1.807) is 57.2 Å². The predicted molar refractivity (Wildman–Crippen MR) is 411 cm³/mol. The molecule has 0 bridgehead atoms. The van der Waals surface area contributed by atoms with E-state index in [4.69, 9.17) is 39.4 Å². The summed E-state index contributed by atoms with van der Waals surface area (Å²) in [6, 6.07) is 7.56. The van der Waals surface area contributed by atoms with Gasteiger partial charge < -0.3 is 39.2 Å². The van der Waals surface area contributed by atoms with Gasteiger partial charge in [-0.15, -0.1) is 26.3 Å². The number of sulfonamides is 2. The minimum atomic E-state index is -3.99. The normalized spacial score (nSPS) is 26.4. The second-order valence-electron chi connectivity index (χ2n) is 33.1. The zero-order valence-electron chi connectivity index (χ0n) is 65.3. The van der Waals surface area contributed by atoms with E-state index in [1.807, 2.05) is 46.8 Å². The van der Waals surface area contributed by atoms with E-state index in [-0.39, 0.29) is 108 Å². The van der Waals surface area contributed by atoms with Crippen LogP contribution in [0.3, 0.4) is 0 Å². The first-order valence-electron chi connectivity index (χ1n) is 38.4. The fourth-order valence-corrected chi connectivity index (χ4v) is 18.7. The average Bonchev–Trinajstić information content (AvgIpc) is 1.47. The van der Waals surface area contributed by atoms with Crippen molar-refractivity contribution in [1.29, 1.82) is 0 Å². The maximum absolute atomic E-state index is 16.9. The summed E-state index contributed by atoms with van der Waals surface area (Å²) in [6.45, 7) is 28.7. The first-order valence-corrected chi connectivity index (χ1v) is 41.3. The van der Waals surface area contributed by atoms with Gasteiger partial charge in [0.1, 0.15) is 34.3 Å². The van der Waals surface area contributed by atoms with Gasteiger partial charge in [0.2, 0.25) is 37.8 Å². The summed E-state index contributed by atoms with van der Waals surface area (Å²) >= 11 is 0. The number of aromatic nitrogens is 2. The number of amides is 4. The number of carbonyl (C=O) groups excluding carboxylic acids is 6. The van der Waals surface area contributed by atoms with Gasteiger partial charge in [-0.25, -0.2) is 49.2 Å². The fourth-order valence-electron chi connectivity index (χ4n) is 16.0. The van der Waals surface area contributed by atoms with Crippen LogP contribution in [0, 0.1) is 29.1 Å². The molecule has 2 spiro atoms. The van der Waals surface area contributed by atoms with Crippen molar-refractivity contribution in [3.8, 4) is 23.0 Å². The maximum Gasteiger partial charge on any atom is 0.328 e. The molecule has 10 atom stereocenters. The molecule has 0 radical (unpaired) electrons. The largest absolute Gasteiger partial charge is 0.497 e. The quantitative estimate of drug-likeness (QED) is 0.0189. The highest BCUT2D eigenvalue weighted by molar-refractivity contribution is 7.92. The Balaban J connectivity index is 0.000000200. The first-order chi connectivity index (χ1) is 51.6. The monoisotopic (exact) mass is 1570 g/mol. The van der Waals surface area contributed by atoms with Crippen molar-refractivity contribution >= 4 is 77.2 Å². The predicted octanol–water partition coefficient (Wildman–Crippen LogP) is 13.9. The number of likely N-dealkylation sites (tertiary alicyclic amines) is 2. The van der Waals surface area contributed by atoms with Crippen molar-refractivity contribution in [2.24, 2.45) is 34.8 Å². The minimum absolute atomic E-state index is 0.0279. The Labute approximate surface area is 644 Å². The van der Waals surface area contributed by atoms with Crippen LogP contribution in [0.1, 0.15) is 225 Å². The summed E-state index contributed by atoms with van der Waals surface area (Å²) in [7, 11) is -3.39. The third kappa shape index (κ3) is 16.9. The Morgan fingerprint density at radius 2 is 1.02 bits per heavy atom. The highest BCUT2D eigenvalue weighted by Gasteiger charge is 2.66. The van der Waals surface area contributed by atoms with Crippen LogP contribution in [0.25, 0.3) is 21.8 Å². The van der Waals surface area contributed by atoms with Crippen LogP contribution in [-0.4, -0.2) is 145 Å². The van der Waals surface area contributed by atoms with Crippen molar-refractivity contribution in [2.45, 2.75) is 252 Å². The van der Waals surface area contributed by atoms with Crippen LogP contribution in [-0.2, 0) is 65.4 Å². The van der Waals surface area contributed by atoms with Crippen molar-refractivity contribution in [2.75, 3.05) is 34.4 Å². The number of nitrogens with two attached hydrogens (primary N) is 1. The lowest BCUT2D eigenvalue weighted by Gasteiger charge is -2.41. The smallest absolute Gasteiger partial charge is 0.328 e. The molecule has 4 N–H and O–H groups in total. The van der Waals surface area contributed by atoms with E-state index >= 15 is 17.6 Å². The van der Waals surface area contributed by atoms with Gasteiger partial charge in [-0.3, -0.25) is 33.4 Å². The SMILES string of the molecule is C=CCCCCC[C@H](C)C(=O)N1C[C@]2(C[C@H]1C(=O)C[C@]1(C(=O)NS(=O)(=O)C3(C)CC3)C[C@H]1C=C)CC(F)(F)c1c(c(C(C)C)nc3ccc(OC)cc13)O2.C=CCCCCC[C@H](C)C(=O)N1C[C@]2(C[C@H]1C(=O)OC)CC(F)(F)c1c(c(C(C)C)nc3ccc(OC)cc13)O2.C=C[C@@H]1C[C@]1(N)C(=O)NS(=O)(=O)C1(C)CC1. The summed E-state index contributed by atoms with van der Waals surface area (Å²) in [6.07, 6.45) is 15.7. The molecule has 4 aliphatic carbocycles. The number of nitrogens with zero attached hydrogens (tertiary/aromatic N) is 4. The number of methoxy groups -OCH3 is 3. The number of rotatable bonds is 30. The van der Waals surface area contributed by atoms with Gasteiger partial charge in [0.25, 0.3) is 17.8 Å². The number of halogens is 4. The molecular formula is C82H109F4N7O15S2. The van der Waals surface area contributed by atoms with E-state index in [0.717, 1.165) is 51.4 Å². The molecule has 8 aliphatic rings. The molecule has 6 heterocycles. The number of unbranched alkanes of at least 4 members (excludes halogenated alkanes) is 6. The number of hydrogen-bond acceptors (Lipinski definition) is 18. The number of esters is 1. The Kier molecular flexibility index (Phi) is 24.5. The molecular weight excluding hydrogens is 1460 g/mol. The topological polar surface area (TPSA) is 299 Å². The van der Waals surface area contributed by atoms with E-state index in [2.05, 4.69) is 35.8 Å². The zero-order valence-corrected chi connectivity index (χ0v) is 66.9. The van der Waals surface area contributed by atoms with Crippen LogP contribution in [0.5, 0.6) is 23.0 Å². The van der Waals surface area contributed by atoms with E-state index in [9.17, 15) is 45.6 Å². The first kappa shape index (κ1) is 84.5. The van der Waals surface area contributed by atoms with Crippen molar-refractivity contribution in [1.82, 2.24) is 29.2 Å². The number of pyridine rings is 2. The number of Topliss-reactive ketones (excluding diaryl/α,β-unsaturated/α-hetero) is 1. The number of nitrogens with one attached hydrogen (secondary N) is 2. The lowest BCUT2D eigenvalue weighted by Crippen LogP contribution is -2.49. The Morgan fingerprint density at radius 3 is 1.39 bits per heavy atom. The lowest BCUT2D eigenvalue weighted by molar-refractivity contribution is -0.152. The van der Waals surface area contributed by atoms with Crippen LogP contribution >= 0.6 is 0 Å². The molecule has 4 saturated carbocycles. The number of fused-ring (bicyclic) bond motifs is 6. The van der Waals surface area contributed by atoms with Gasteiger partial charge in [0, 0.05) is 47.8 Å². The molecule has 0 unspecified atom stereocenters. The molecule has 6 fully saturated rings. The molecule has 2 aromatic carbocycles. The number of ketones is 1. The standard InChI is InChI=1S/C41H53F2N3O7S.C31H40F2N2O5.C10H16N2O3S/c1-8-10-11-12-13-14-26(5)36(48)46-24-39(21-31(46)32(47)22-40(20-27(40)9-2)37(49)45-54(50,51)38(6)17-18-38)23-41(42,43)33-29-19-28(52-7)15-16-30(29)44-34(25(3)4)35(33)53-39;1-7-8-9-10-11-12-20(4)28(36)35-18-30(16-24(35)29(37)39-6)17-31(32,33)25-22-15-21(38-5)13-14-23(22)34-26(19(2)3)27(25)40-30;1-3-7-6-10(7,11)8(13)12-16(14,15)9(2)4-5-9/h8-9,15-16,19,25-27,31H,1-2,10-14,17-18,20-24H2,3-7H3,(H,45,49);7,13-15,19-20,24H,1,8-12,16-18H2,2-6H3;3,7H,1,4-6,11H2,2H3,(H,12,13)/t26-,27+,31-,39-,40+;20-,24-,30-;7-,10-/m001/s1. The molecule has 22 nitrogen and oxygen atoms in total. The van der Waals surface area contributed by atoms with Gasteiger partial charge in [-0.2, -0.15) is 0 Å².